The van der Waals surface area contributed by atoms with E-state index in [1.54, 1.807) is 0 Å². The Morgan fingerprint density at radius 2 is 1.04 bits per heavy atom. The minimum Gasteiger partial charge on any atom is -0.455 e. The van der Waals surface area contributed by atoms with Crippen LogP contribution in [0.5, 0.6) is 11.9 Å². The highest BCUT2D eigenvalue weighted by atomic mass is 19.4. The van der Waals surface area contributed by atoms with Crippen molar-refractivity contribution in [1.82, 2.24) is 9.97 Å². The highest BCUT2D eigenvalue weighted by Gasteiger charge is 2.60. The second-order valence-electron chi connectivity index (χ2n) is 4.34. The van der Waals surface area contributed by atoms with Crippen molar-refractivity contribution in [2.45, 2.75) is 36.9 Å². The van der Waals surface area contributed by atoms with Crippen molar-refractivity contribution >= 4 is 0 Å². The number of ether oxygens (including phenoxy) is 2. The van der Waals surface area contributed by atoms with Crippen LogP contribution < -0.4 is 9.47 Å². The average molecular weight is 412 g/mol. The van der Waals surface area contributed by atoms with Gasteiger partial charge in [0.2, 0.25) is 5.88 Å². The first kappa shape index (κ1) is 21.9. The summed E-state index contributed by atoms with van der Waals surface area (Å²) in [5, 5.41) is 0. The highest BCUT2D eigenvalue weighted by molar-refractivity contribution is 5.13. The van der Waals surface area contributed by atoms with E-state index in [9.17, 15) is 52.7 Å². The number of halogens is 12. The zero-order valence-electron chi connectivity index (χ0n) is 11.6. The molecule has 0 radical (unpaired) electrons. The van der Waals surface area contributed by atoms with Gasteiger partial charge in [0.1, 0.15) is 0 Å². The third kappa shape index (κ3) is 5.98. The van der Waals surface area contributed by atoms with E-state index in [4.69, 9.17) is 0 Å². The molecule has 0 amide bonds. The maximum atomic E-state index is 12.3. The van der Waals surface area contributed by atoms with Crippen LogP contribution in [-0.4, -0.2) is 46.9 Å². The van der Waals surface area contributed by atoms with E-state index in [1.165, 1.54) is 0 Å². The Morgan fingerprint density at radius 1 is 0.654 bits per heavy atom. The first-order chi connectivity index (χ1) is 11.4. The fourth-order valence-corrected chi connectivity index (χ4v) is 1.31. The molecule has 1 aromatic heterocycles. The minimum absolute atomic E-state index is 0.241. The van der Waals surface area contributed by atoms with Crippen LogP contribution in [0, 0.1) is 0 Å². The van der Waals surface area contributed by atoms with Crippen molar-refractivity contribution in [1.29, 1.82) is 0 Å². The largest absolute Gasteiger partial charge is 0.455 e. The Bertz CT molecular complexity index is 528. The van der Waals surface area contributed by atoms with E-state index >= 15 is 0 Å². The number of hydrogen-bond acceptors (Lipinski definition) is 4. The van der Waals surface area contributed by atoms with Crippen molar-refractivity contribution < 1.29 is 62.2 Å². The van der Waals surface area contributed by atoms with Crippen LogP contribution in [0.15, 0.2) is 12.3 Å². The van der Waals surface area contributed by atoms with Gasteiger partial charge in [0, 0.05) is 12.3 Å². The fourth-order valence-electron chi connectivity index (χ4n) is 1.31. The third-order valence-electron chi connectivity index (χ3n) is 2.26. The molecule has 0 bridgehead atoms. The molecule has 0 aliphatic carbocycles. The number of nitrogens with zero attached hydrogens (tertiary/aromatic N) is 2. The van der Waals surface area contributed by atoms with Crippen LogP contribution >= 0.6 is 0 Å². The molecule has 0 aliphatic rings. The average Bonchev–Trinajstić information content (AvgIpc) is 2.37. The van der Waals surface area contributed by atoms with Gasteiger partial charge >= 0.3 is 30.7 Å². The monoisotopic (exact) mass is 412 g/mol. The molecule has 1 heterocycles. The van der Waals surface area contributed by atoms with Crippen LogP contribution in [-0.2, 0) is 0 Å². The number of alkyl halides is 12. The lowest BCUT2D eigenvalue weighted by Crippen LogP contribution is -2.47. The van der Waals surface area contributed by atoms with Gasteiger partial charge in [0.05, 0.1) is 0 Å². The Balaban J connectivity index is 3.11. The summed E-state index contributed by atoms with van der Waals surface area (Å²) in [6.07, 6.45) is -32.7. The zero-order chi connectivity index (χ0) is 20.6. The normalized spacial score (nSPS) is 14.1. The first-order valence-electron chi connectivity index (χ1n) is 5.85. The van der Waals surface area contributed by atoms with Gasteiger partial charge in [0.25, 0.3) is 12.2 Å². The van der Waals surface area contributed by atoms with Crippen molar-refractivity contribution in [2.75, 3.05) is 0 Å². The minimum atomic E-state index is -6.01. The topological polar surface area (TPSA) is 44.2 Å². The maximum Gasteiger partial charge on any atom is 0.434 e. The van der Waals surface area contributed by atoms with E-state index in [-0.39, 0.29) is 12.3 Å². The summed E-state index contributed by atoms with van der Waals surface area (Å²) in [5.74, 6) is -1.61. The third-order valence-corrected chi connectivity index (χ3v) is 2.26. The summed E-state index contributed by atoms with van der Waals surface area (Å²) in [5.41, 5.74) is 0. The van der Waals surface area contributed by atoms with Gasteiger partial charge in [-0.3, -0.25) is 0 Å². The lowest BCUT2D eigenvalue weighted by molar-refractivity contribution is -0.301. The number of rotatable bonds is 4. The predicted octanol–water partition coefficient (Wildman–Crippen LogP) is 4.22. The summed E-state index contributed by atoms with van der Waals surface area (Å²) in [4.78, 5) is 5.31. The van der Waals surface area contributed by atoms with Crippen LogP contribution in [0.4, 0.5) is 52.7 Å². The Labute approximate surface area is 134 Å². The van der Waals surface area contributed by atoms with Crippen molar-refractivity contribution in [3.8, 4) is 11.9 Å². The smallest absolute Gasteiger partial charge is 0.434 e. The quantitative estimate of drug-likeness (QED) is 0.695. The van der Waals surface area contributed by atoms with E-state index in [1.807, 2.05) is 0 Å². The van der Waals surface area contributed by atoms with Gasteiger partial charge in [0.15, 0.2) is 0 Å². The molecule has 0 aliphatic heterocycles. The van der Waals surface area contributed by atoms with Crippen LogP contribution in [0.2, 0.25) is 0 Å². The molecule has 0 saturated carbocycles. The molecule has 0 spiro atoms. The molecular formula is C10H4F12N2O2. The van der Waals surface area contributed by atoms with E-state index < -0.39 is 48.8 Å². The standard InChI is InChI=1S/C10H4F12N2O2/c11-7(12,13)4(8(14,15)16)25-3-1-2-23-6(24-3)26-5(9(17,18)19)10(20,21)22/h1-2,4-5H. The molecule has 1 aromatic rings. The first-order valence-corrected chi connectivity index (χ1v) is 5.85. The zero-order valence-corrected chi connectivity index (χ0v) is 11.6. The summed E-state index contributed by atoms with van der Waals surface area (Å²) in [7, 11) is 0. The molecule has 0 aromatic carbocycles. The Kier molecular flexibility index (Phi) is 5.78. The van der Waals surface area contributed by atoms with Gasteiger partial charge in [-0.25, -0.2) is 4.98 Å². The molecule has 4 nitrogen and oxygen atoms in total. The van der Waals surface area contributed by atoms with Crippen molar-refractivity contribution in [3.63, 3.8) is 0 Å². The molecule has 150 valence electrons. The maximum absolute atomic E-state index is 12.3. The van der Waals surface area contributed by atoms with Gasteiger partial charge in [-0.2, -0.15) is 57.7 Å². The van der Waals surface area contributed by atoms with E-state index in [0.29, 0.717) is 0 Å². The van der Waals surface area contributed by atoms with E-state index in [0.717, 1.165) is 0 Å². The van der Waals surface area contributed by atoms with Gasteiger partial charge < -0.3 is 9.47 Å². The highest BCUT2D eigenvalue weighted by Crippen LogP contribution is 2.38. The molecule has 0 unspecified atom stereocenters. The Hall–Kier alpha value is -2.16. The van der Waals surface area contributed by atoms with Gasteiger partial charge in [-0.05, 0) is 0 Å². The summed E-state index contributed by atoms with van der Waals surface area (Å²) >= 11 is 0. The molecule has 0 fully saturated rings. The second-order valence-corrected chi connectivity index (χ2v) is 4.34. The molecule has 0 saturated heterocycles. The fraction of sp³-hybridized carbons (Fsp3) is 0.600. The molecule has 1 rings (SSSR count). The van der Waals surface area contributed by atoms with E-state index in [2.05, 4.69) is 19.4 Å². The summed E-state index contributed by atoms with van der Waals surface area (Å²) in [6.45, 7) is 0. The molecule has 26 heavy (non-hydrogen) atoms. The van der Waals surface area contributed by atoms with Crippen molar-refractivity contribution in [3.05, 3.63) is 12.3 Å². The van der Waals surface area contributed by atoms with Crippen LogP contribution in [0.25, 0.3) is 0 Å². The second kappa shape index (κ2) is 6.86. The molecule has 0 atom stereocenters. The summed E-state index contributed by atoms with van der Waals surface area (Å²) in [6, 6.07) is -1.56. The SMILES string of the molecule is FC(F)(F)C(Oc1ccnc(OC(C(F)(F)F)C(F)(F)F)n1)C(F)(F)F. The molecule has 16 heteroatoms. The predicted molar refractivity (Wildman–Crippen MR) is 55.1 cm³/mol. The number of aromatic nitrogens is 2. The molecular weight excluding hydrogens is 408 g/mol. The lowest BCUT2D eigenvalue weighted by Gasteiger charge is -2.24. The lowest BCUT2D eigenvalue weighted by atomic mass is 10.3. The number of hydrogen-bond donors (Lipinski definition) is 0. The van der Waals surface area contributed by atoms with Crippen molar-refractivity contribution in [2.24, 2.45) is 0 Å². The summed E-state index contributed by atoms with van der Waals surface area (Å²) < 4.78 is 155. The van der Waals surface area contributed by atoms with Gasteiger partial charge in [-0.1, -0.05) is 0 Å². The van der Waals surface area contributed by atoms with Crippen LogP contribution in [0.1, 0.15) is 0 Å². The Morgan fingerprint density at radius 3 is 1.42 bits per heavy atom. The van der Waals surface area contributed by atoms with Crippen LogP contribution in [0.3, 0.4) is 0 Å². The van der Waals surface area contributed by atoms with Gasteiger partial charge in [-0.15, -0.1) is 0 Å². The molecule has 0 N–H and O–H groups in total.